The third kappa shape index (κ3) is 3.93. The molecule has 2 aromatic rings. The Labute approximate surface area is 176 Å². The molecular weight excluding hydrogens is 404 g/mol. The number of hydrazine groups is 1. The highest BCUT2D eigenvalue weighted by Crippen LogP contribution is 2.31. The van der Waals surface area contributed by atoms with E-state index in [1.807, 2.05) is 23.1 Å². The van der Waals surface area contributed by atoms with Crippen LogP contribution in [0.3, 0.4) is 0 Å². The number of sulfonamides is 1. The molecule has 1 amide bonds. The second kappa shape index (κ2) is 8.35. The van der Waals surface area contributed by atoms with Gasteiger partial charge in [0.15, 0.2) is 0 Å². The van der Waals surface area contributed by atoms with Crippen molar-refractivity contribution in [2.45, 2.75) is 36.4 Å². The molecule has 2 aliphatic heterocycles. The van der Waals surface area contributed by atoms with Crippen LogP contribution in [0, 0.1) is 0 Å². The van der Waals surface area contributed by atoms with Crippen LogP contribution in [0.25, 0.3) is 0 Å². The maximum absolute atomic E-state index is 13.1. The van der Waals surface area contributed by atoms with Gasteiger partial charge in [0.2, 0.25) is 15.9 Å². The third-order valence-electron chi connectivity index (χ3n) is 5.79. The van der Waals surface area contributed by atoms with Crippen LogP contribution < -0.4 is 20.3 Å². The van der Waals surface area contributed by atoms with Gasteiger partial charge in [-0.25, -0.2) is 24.0 Å². The molecule has 30 heavy (non-hydrogen) atoms. The number of carbonyl (C=O) groups is 1. The maximum Gasteiger partial charge on any atom is 0.244 e. The zero-order valence-electron chi connectivity index (χ0n) is 17.0. The Kier molecular flexibility index (Phi) is 5.79. The lowest BCUT2D eigenvalue weighted by Crippen LogP contribution is -2.47. The van der Waals surface area contributed by atoms with Crippen LogP contribution in [0.1, 0.15) is 29.2 Å². The number of hydrogen-bond donors (Lipinski definition) is 3. The number of amides is 1. The number of methoxy groups -OCH3 is 1. The van der Waals surface area contributed by atoms with E-state index in [1.54, 1.807) is 12.1 Å². The average molecular weight is 431 g/mol. The zero-order chi connectivity index (χ0) is 21.3. The fourth-order valence-corrected chi connectivity index (χ4v) is 5.00. The second-order valence-electron chi connectivity index (χ2n) is 7.53. The van der Waals surface area contributed by atoms with E-state index in [1.165, 1.54) is 25.3 Å². The highest BCUT2D eigenvalue weighted by molar-refractivity contribution is 7.89. The predicted molar refractivity (Wildman–Crippen MR) is 112 cm³/mol. The molecule has 2 aromatic carbocycles. The van der Waals surface area contributed by atoms with Crippen LogP contribution in [0.4, 0.5) is 0 Å². The van der Waals surface area contributed by atoms with Gasteiger partial charge in [-0.1, -0.05) is 30.3 Å². The number of rotatable bonds is 5. The molecule has 2 aliphatic rings. The summed E-state index contributed by atoms with van der Waals surface area (Å²) in [6.45, 7) is 1.32. The van der Waals surface area contributed by atoms with Crippen molar-refractivity contribution >= 4 is 15.9 Å². The van der Waals surface area contributed by atoms with E-state index in [0.29, 0.717) is 19.5 Å². The molecule has 0 radical (unpaired) electrons. The normalized spacial score (nSPS) is 21.3. The Balaban J connectivity index is 1.48. The Hall–Kier alpha value is -2.46. The second-order valence-corrected chi connectivity index (χ2v) is 9.38. The molecule has 2 atom stereocenters. The van der Waals surface area contributed by atoms with E-state index in [4.69, 9.17) is 4.74 Å². The van der Waals surface area contributed by atoms with Crippen LogP contribution in [-0.4, -0.2) is 46.0 Å². The van der Waals surface area contributed by atoms with Gasteiger partial charge >= 0.3 is 0 Å². The Bertz CT molecular complexity index is 1060. The molecule has 2 heterocycles. The van der Waals surface area contributed by atoms with Crippen molar-refractivity contribution in [2.24, 2.45) is 0 Å². The van der Waals surface area contributed by atoms with Crippen molar-refractivity contribution in [1.29, 1.82) is 0 Å². The summed E-state index contributed by atoms with van der Waals surface area (Å²) < 4.78 is 32.2. The standard InChI is InChI=1S/C21H26N4O4S/c1-22-30(27,28)20-11-15(7-8-19(20)29-2)17-12-18(24-23-17)21(26)25-10-9-14-5-3-4-6-16(14)13-25/h3-8,11,17-18,22-24H,9-10,12-13H2,1-2H3. The highest BCUT2D eigenvalue weighted by atomic mass is 32.2. The molecule has 9 heteroatoms. The molecule has 0 aromatic heterocycles. The van der Waals surface area contributed by atoms with Crippen LogP contribution in [0.2, 0.25) is 0 Å². The highest BCUT2D eigenvalue weighted by Gasteiger charge is 2.34. The van der Waals surface area contributed by atoms with Crippen molar-refractivity contribution in [3.8, 4) is 5.75 Å². The maximum atomic E-state index is 13.1. The van der Waals surface area contributed by atoms with Crippen molar-refractivity contribution in [2.75, 3.05) is 20.7 Å². The Morgan fingerprint density at radius 2 is 1.93 bits per heavy atom. The topological polar surface area (TPSA) is 99.8 Å². The molecular formula is C21H26N4O4S. The minimum Gasteiger partial charge on any atom is -0.495 e. The Morgan fingerprint density at radius 3 is 2.67 bits per heavy atom. The number of nitrogens with zero attached hydrogens (tertiary/aromatic N) is 1. The number of fused-ring (bicyclic) bond motifs is 1. The molecule has 0 spiro atoms. The van der Waals surface area contributed by atoms with Crippen molar-refractivity contribution < 1.29 is 17.9 Å². The van der Waals surface area contributed by atoms with E-state index in [0.717, 1.165) is 12.0 Å². The molecule has 4 rings (SSSR count). The Morgan fingerprint density at radius 1 is 1.17 bits per heavy atom. The lowest BCUT2D eigenvalue weighted by molar-refractivity contribution is -0.134. The minimum atomic E-state index is -3.67. The number of benzene rings is 2. The van der Waals surface area contributed by atoms with E-state index >= 15 is 0 Å². The first-order chi connectivity index (χ1) is 14.4. The molecule has 160 valence electrons. The van der Waals surface area contributed by atoms with Gasteiger partial charge in [-0.05, 0) is 48.7 Å². The summed E-state index contributed by atoms with van der Waals surface area (Å²) in [7, 11) is -0.868. The fourth-order valence-electron chi connectivity index (χ4n) is 4.07. The van der Waals surface area contributed by atoms with Gasteiger partial charge in [-0.15, -0.1) is 0 Å². The molecule has 1 saturated heterocycles. The smallest absolute Gasteiger partial charge is 0.244 e. The van der Waals surface area contributed by atoms with Gasteiger partial charge in [0.05, 0.1) is 7.11 Å². The summed E-state index contributed by atoms with van der Waals surface area (Å²) in [6, 6.07) is 12.7. The summed E-state index contributed by atoms with van der Waals surface area (Å²) in [6.07, 6.45) is 1.39. The lowest BCUT2D eigenvalue weighted by atomic mass is 9.98. The molecule has 0 aliphatic carbocycles. The summed E-state index contributed by atoms with van der Waals surface area (Å²) in [5.74, 6) is 0.328. The first kappa shape index (κ1) is 20.8. The molecule has 1 fully saturated rings. The molecule has 0 saturated carbocycles. The van der Waals surface area contributed by atoms with Crippen LogP contribution in [0.15, 0.2) is 47.4 Å². The first-order valence-corrected chi connectivity index (χ1v) is 11.4. The third-order valence-corrected chi connectivity index (χ3v) is 7.23. The molecule has 0 bridgehead atoms. The van der Waals surface area contributed by atoms with Gasteiger partial charge in [0, 0.05) is 19.1 Å². The van der Waals surface area contributed by atoms with Gasteiger partial charge in [-0.3, -0.25) is 4.79 Å². The van der Waals surface area contributed by atoms with Gasteiger partial charge < -0.3 is 9.64 Å². The molecule has 3 N–H and O–H groups in total. The number of ether oxygens (including phenoxy) is 1. The van der Waals surface area contributed by atoms with Crippen molar-refractivity contribution in [3.63, 3.8) is 0 Å². The van der Waals surface area contributed by atoms with Crippen molar-refractivity contribution in [1.82, 2.24) is 20.5 Å². The van der Waals surface area contributed by atoms with Gasteiger partial charge in [0.1, 0.15) is 16.7 Å². The van der Waals surface area contributed by atoms with Crippen LogP contribution in [0.5, 0.6) is 5.75 Å². The SMILES string of the molecule is CNS(=O)(=O)c1cc(C2CC(C(=O)N3CCc4ccccc4C3)NN2)ccc1OC. The van der Waals surface area contributed by atoms with Gasteiger partial charge in [-0.2, -0.15) is 0 Å². The summed E-state index contributed by atoms with van der Waals surface area (Å²) in [5, 5.41) is 0. The minimum absolute atomic E-state index is 0.0519. The van der Waals surface area contributed by atoms with E-state index in [2.05, 4.69) is 27.7 Å². The predicted octanol–water partition coefficient (Wildman–Crippen LogP) is 1.10. The monoisotopic (exact) mass is 430 g/mol. The van der Waals surface area contributed by atoms with E-state index < -0.39 is 10.0 Å². The number of hydrogen-bond acceptors (Lipinski definition) is 6. The summed E-state index contributed by atoms with van der Waals surface area (Å²) in [5.41, 5.74) is 9.50. The number of carbonyl (C=O) groups excluding carboxylic acids is 1. The lowest BCUT2D eigenvalue weighted by Gasteiger charge is -2.30. The molecule has 8 nitrogen and oxygen atoms in total. The van der Waals surface area contributed by atoms with Gasteiger partial charge in [0.25, 0.3) is 0 Å². The first-order valence-electron chi connectivity index (χ1n) is 9.91. The van der Waals surface area contributed by atoms with Crippen LogP contribution >= 0.6 is 0 Å². The average Bonchev–Trinajstić information content (AvgIpc) is 3.28. The summed E-state index contributed by atoms with van der Waals surface area (Å²) >= 11 is 0. The van der Waals surface area contributed by atoms with Crippen molar-refractivity contribution in [3.05, 3.63) is 59.2 Å². The zero-order valence-corrected chi connectivity index (χ0v) is 17.8. The van der Waals surface area contributed by atoms with Crippen LogP contribution in [-0.2, 0) is 27.8 Å². The quantitative estimate of drug-likeness (QED) is 0.657. The summed E-state index contributed by atoms with van der Waals surface area (Å²) in [4.78, 5) is 15.0. The fraction of sp³-hybridized carbons (Fsp3) is 0.381. The number of nitrogens with one attached hydrogen (secondary N) is 3. The van der Waals surface area contributed by atoms with E-state index in [-0.39, 0.29) is 28.6 Å². The largest absolute Gasteiger partial charge is 0.495 e. The molecule has 2 unspecified atom stereocenters. The van der Waals surface area contributed by atoms with E-state index in [9.17, 15) is 13.2 Å².